The molecular formula is C21H24FNO4. The van der Waals surface area contributed by atoms with Crippen LogP contribution < -0.4 is 0 Å². The van der Waals surface area contributed by atoms with Crippen molar-refractivity contribution >= 4 is 22.8 Å². The van der Waals surface area contributed by atoms with Gasteiger partial charge in [-0.25, -0.2) is 9.18 Å². The van der Waals surface area contributed by atoms with Gasteiger partial charge in [0.2, 0.25) is 5.76 Å². The van der Waals surface area contributed by atoms with Crippen LogP contribution in [0, 0.1) is 18.7 Å². The molecule has 144 valence electrons. The maximum atomic E-state index is 13.9. The van der Waals surface area contributed by atoms with E-state index in [2.05, 4.69) is 0 Å². The third-order valence-corrected chi connectivity index (χ3v) is 5.99. The Bertz CT molecular complexity index is 872. The molecule has 1 saturated carbocycles. The molecule has 1 aliphatic heterocycles. The van der Waals surface area contributed by atoms with Crippen molar-refractivity contribution in [1.29, 1.82) is 0 Å². The predicted molar refractivity (Wildman–Crippen MR) is 97.9 cm³/mol. The number of hydrogen-bond acceptors (Lipinski definition) is 4. The molecule has 27 heavy (non-hydrogen) atoms. The molecule has 5 nitrogen and oxygen atoms in total. The van der Waals surface area contributed by atoms with Crippen LogP contribution in [-0.4, -0.2) is 36.0 Å². The Morgan fingerprint density at radius 2 is 2.00 bits per heavy atom. The highest BCUT2D eigenvalue weighted by atomic mass is 19.1. The first-order valence-electron chi connectivity index (χ1n) is 9.70. The minimum Gasteiger partial charge on any atom is -0.450 e. The Kier molecular flexibility index (Phi) is 4.89. The molecule has 2 fully saturated rings. The number of benzene rings is 1. The highest BCUT2D eigenvalue weighted by molar-refractivity contribution is 5.96. The summed E-state index contributed by atoms with van der Waals surface area (Å²) in [5.74, 6) is -0.874. The molecule has 2 aliphatic rings. The zero-order chi connectivity index (χ0) is 19.0. The number of carbonyl (C=O) groups is 2. The molecule has 1 aromatic carbocycles. The van der Waals surface area contributed by atoms with Gasteiger partial charge in [-0.1, -0.05) is 25.0 Å². The molecule has 1 aromatic heterocycles. The van der Waals surface area contributed by atoms with Crippen LogP contribution in [-0.2, 0) is 9.53 Å². The van der Waals surface area contributed by atoms with Gasteiger partial charge in [0.1, 0.15) is 0 Å². The molecule has 1 aliphatic carbocycles. The van der Waals surface area contributed by atoms with Crippen molar-refractivity contribution < 1.29 is 23.1 Å². The molecule has 2 heterocycles. The number of rotatable bonds is 3. The molecule has 0 bridgehead atoms. The van der Waals surface area contributed by atoms with Crippen molar-refractivity contribution in [3.8, 4) is 0 Å². The third-order valence-electron chi connectivity index (χ3n) is 5.99. The van der Waals surface area contributed by atoms with Crippen LogP contribution >= 0.6 is 0 Å². The lowest BCUT2D eigenvalue weighted by Gasteiger charge is -2.44. The Labute approximate surface area is 157 Å². The van der Waals surface area contributed by atoms with E-state index >= 15 is 0 Å². The average Bonchev–Trinajstić information content (AvgIpc) is 3.03. The second kappa shape index (κ2) is 7.33. The fourth-order valence-corrected chi connectivity index (χ4v) is 4.61. The summed E-state index contributed by atoms with van der Waals surface area (Å²) in [6.45, 7) is 2.11. The summed E-state index contributed by atoms with van der Waals surface area (Å²) in [6.07, 6.45) is 6.78. The number of piperidine rings is 1. The molecule has 6 heteroatoms. The molecule has 1 amide bonds. The van der Waals surface area contributed by atoms with Crippen molar-refractivity contribution in [3.05, 3.63) is 35.3 Å². The summed E-state index contributed by atoms with van der Waals surface area (Å²) in [6, 6.07) is 4.81. The van der Waals surface area contributed by atoms with E-state index in [1.165, 1.54) is 25.3 Å². The molecule has 0 N–H and O–H groups in total. The Hall–Kier alpha value is -2.37. The van der Waals surface area contributed by atoms with Crippen LogP contribution in [0.25, 0.3) is 11.0 Å². The van der Waals surface area contributed by atoms with E-state index in [0.717, 1.165) is 25.8 Å². The van der Waals surface area contributed by atoms with Gasteiger partial charge in [-0.15, -0.1) is 0 Å². The maximum Gasteiger partial charge on any atom is 0.375 e. The van der Waals surface area contributed by atoms with E-state index in [-0.39, 0.29) is 29.9 Å². The van der Waals surface area contributed by atoms with Gasteiger partial charge < -0.3 is 14.1 Å². The van der Waals surface area contributed by atoms with E-state index < -0.39 is 11.8 Å². The lowest BCUT2D eigenvalue weighted by Crippen LogP contribution is -2.50. The van der Waals surface area contributed by atoms with Gasteiger partial charge in [0.15, 0.2) is 18.0 Å². The van der Waals surface area contributed by atoms with E-state index in [4.69, 9.17) is 9.15 Å². The number of ether oxygens (including phenoxy) is 1. The number of hydrogen-bond donors (Lipinski definition) is 0. The van der Waals surface area contributed by atoms with Crippen LogP contribution in [0.1, 0.15) is 54.6 Å². The number of carbonyl (C=O) groups excluding carboxylic acids is 2. The lowest BCUT2D eigenvalue weighted by molar-refractivity contribution is -0.140. The first kappa shape index (κ1) is 18.0. The Morgan fingerprint density at radius 1 is 1.22 bits per heavy atom. The van der Waals surface area contributed by atoms with Crippen LogP contribution in [0.5, 0.6) is 0 Å². The van der Waals surface area contributed by atoms with Gasteiger partial charge in [0.25, 0.3) is 5.91 Å². The molecular weight excluding hydrogens is 349 g/mol. The number of fused-ring (bicyclic) bond motifs is 2. The molecule has 2 aromatic rings. The zero-order valence-electron chi connectivity index (χ0n) is 15.5. The third kappa shape index (κ3) is 3.33. The van der Waals surface area contributed by atoms with Crippen LogP contribution in [0.15, 0.2) is 22.6 Å². The van der Waals surface area contributed by atoms with Crippen LogP contribution in [0.2, 0.25) is 0 Å². The van der Waals surface area contributed by atoms with Gasteiger partial charge in [-0.3, -0.25) is 4.79 Å². The highest BCUT2D eigenvalue weighted by Gasteiger charge is 2.36. The number of para-hydroxylation sites is 1. The molecule has 1 saturated heterocycles. The Balaban J connectivity index is 1.44. The van der Waals surface area contributed by atoms with Crippen LogP contribution in [0.3, 0.4) is 0 Å². The summed E-state index contributed by atoms with van der Waals surface area (Å²) in [5.41, 5.74) is 0.557. The van der Waals surface area contributed by atoms with Crippen molar-refractivity contribution in [1.82, 2.24) is 4.90 Å². The number of halogens is 1. The van der Waals surface area contributed by atoms with Gasteiger partial charge in [0, 0.05) is 23.5 Å². The summed E-state index contributed by atoms with van der Waals surface area (Å²) in [4.78, 5) is 27.0. The van der Waals surface area contributed by atoms with Gasteiger partial charge in [-0.05, 0) is 44.6 Å². The Morgan fingerprint density at radius 3 is 2.81 bits per heavy atom. The molecule has 4 rings (SSSR count). The summed E-state index contributed by atoms with van der Waals surface area (Å²) in [7, 11) is 0. The average molecular weight is 373 g/mol. The lowest BCUT2D eigenvalue weighted by atomic mass is 9.78. The maximum absolute atomic E-state index is 13.9. The fraction of sp³-hybridized carbons (Fsp3) is 0.524. The molecule has 0 spiro atoms. The minimum atomic E-state index is -0.728. The highest BCUT2D eigenvalue weighted by Crippen LogP contribution is 2.35. The smallest absolute Gasteiger partial charge is 0.375 e. The molecule has 0 radical (unpaired) electrons. The fourth-order valence-electron chi connectivity index (χ4n) is 4.61. The zero-order valence-corrected chi connectivity index (χ0v) is 15.5. The van der Waals surface area contributed by atoms with Crippen molar-refractivity contribution in [2.45, 2.75) is 51.5 Å². The summed E-state index contributed by atoms with van der Waals surface area (Å²) >= 11 is 0. The van der Waals surface area contributed by atoms with E-state index in [0.29, 0.717) is 16.9 Å². The number of amides is 1. The van der Waals surface area contributed by atoms with Gasteiger partial charge in [0.05, 0.1) is 0 Å². The number of esters is 1. The first-order valence-corrected chi connectivity index (χ1v) is 9.70. The number of likely N-dealkylation sites (tertiary alicyclic amines) is 1. The second-order valence-corrected chi connectivity index (χ2v) is 7.59. The SMILES string of the molecule is Cc1c(C(=O)OCC(=O)N2CCC[C@H]3CCCC[C@H]32)oc2c(F)cccc12. The van der Waals surface area contributed by atoms with Crippen molar-refractivity contribution in [3.63, 3.8) is 0 Å². The van der Waals surface area contributed by atoms with Crippen LogP contribution in [0.4, 0.5) is 4.39 Å². The quantitative estimate of drug-likeness (QED) is 0.756. The van der Waals surface area contributed by atoms with Gasteiger partial charge in [-0.2, -0.15) is 0 Å². The predicted octanol–water partition coefficient (Wildman–Crippen LogP) is 4.22. The standard InChI is InChI=1S/C21H24FNO4/c1-13-15-8-4-9-16(22)20(15)27-19(13)21(25)26-12-18(24)23-11-5-7-14-6-2-3-10-17(14)23/h4,8-9,14,17H,2-3,5-7,10-12H2,1H3/t14-,17-/m1/s1. The summed E-state index contributed by atoms with van der Waals surface area (Å²) in [5, 5.41) is 0.536. The normalized spacial score (nSPS) is 22.5. The monoisotopic (exact) mass is 373 g/mol. The van der Waals surface area contributed by atoms with Crippen molar-refractivity contribution in [2.75, 3.05) is 13.2 Å². The number of nitrogens with zero attached hydrogens (tertiary/aromatic N) is 1. The second-order valence-electron chi connectivity index (χ2n) is 7.59. The summed E-state index contributed by atoms with van der Waals surface area (Å²) < 4.78 is 24.5. The minimum absolute atomic E-state index is 0.0364. The largest absolute Gasteiger partial charge is 0.450 e. The van der Waals surface area contributed by atoms with E-state index in [1.54, 1.807) is 19.1 Å². The first-order chi connectivity index (χ1) is 13.1. The molecule has 2 atom stereocenters. The van der Waals surface area contributed by atoms with Gasteiger partial charge >= 0.3 is 5.97 Å². The number of furan rings is 1. The molecule has 0 unspecified atom stereocenters. The number of aryl methyl sites for hydroxylation is 1. The van der Waals surface area contributed by atoms with Crippen molar-refractivity contribution in [2.24, 2.45) is 5.92 Å². The topological polar surface area (TPSA) is 59.8 Å². The van der Waals surface area contributed by atoms with E-state index in [9.17, 15) is 14.0 Å². The van der Waals surface area contributed by atoms with E-state index in [1.807, 2.05) is 4.90 Å².